The smallest absolute Gasteiger partial charge is 0.253 e. The van der Waals surface area contributed by atoms with Gasteiger partial charge in [-0.25, -0.2) is 0 Å². The number of piperazine rings is 1. The molecule has 34 heavy (non-hydrogen) atoms. The summed E-state index contributed by atoms with van der Waals surface area (Å²) in [6, 6.07) is 19.7. The van der Waals surface area contributed by atoms with Crippen LogP contribution in [0.3, 0.4) is 0 Å². The molecule has 2 amide bonds. The van der Waals surface area contributed by atoms with Crippen LogP contribution in [0.25, 0.3) is 6.08 Å². The van der Waals surface area contributed by atoms with E-state index in [1.165, 1.54) is 6.08 Å². The summed E-state index contributed by atoms with van der Waals surface area (Å²) >= 11 is 18.0. The van der Waals surface area contributed by atoms with E-state index in [-0.39, 0.29) is 11.8 Å². The average Bonchev–Trinajstić information content (AvgIpc) is 2.84. The fourth-order valence-electron chi connectivity index (χ4n) is 3.76. The third kappa shape index (κ3) is 5.92. The molecule has 0 spiro atoms. The van der Waals surface area contributed by atoms with Crippen molar-refractivity contribution in [2.45, 2.75) is 0 Å². The van der Waals surface area contributed by atoms with Crippen molar-refractivity contribution >= 4 is 64.1 Å². The second kappa shape index (κ2) is 11.0. The second-order valence-corrected chi connectivity index (χ2v) is 9.07. The van der Waals surface area contributed by atoms with Gasteiger partial charge in [0, 0.05) is 52.9 Å². The topological polar surface area (TPSA) is 52.7 Å². The molecule has 0 atom stereocenters. The molecular formula is C26H22Cl3N3O2. The summed E-state index contributed by atoms with van der Waals surface area (Å²) in [7, 11) is 0. The number of rotatable bonds is 5. The molecule has 1 aliphatic heterocycles. The van der Waals surface area contributed by atoms with Crippen LogP contribution in [-0.4, -0.2) is 42.9 Å². The van der Waals surface area contributed by atoms with Crippen LogP contribution in [0.4, 0.5) is 11.4 Å². The van der Waals surface area contributed by atoms with Gasteiger partial charge in [-0.3, -0.25) is 9.59 Å². The number of para-hydroxylation sites is 2. The van der Waals surface area contributed by atoms with Crippen molar-refractivity contribution in [3.8, 4) is 0 Å². The van der Waals surface area contributed by atoms with E-state index in [9.17, 15) is 9.59 Å². The fraction of sp³-hybridized carbons (Fsp3) is 0.154. The fourth-order valence-corrected chi connectivity index (χ4v) is 4.35. The van der Waals surface area contributed by atoms with Gasteiger partial charge in [0.25, 0.3) is 5.91 Å². The van der Waals surface area contributed by atoms with E-state index in [1.807, 2.05) is 29.2 Å². The maximum atomic E-state index is 12.8. The monoisotopic (exact) mass is 513 g/mol. The zero-order valence-electron chi connectivity index (χ0n) is 18.2. The van der Waals surface area contributed by atoms with E-state index >= 15 is 0 Å². The molecule has 8 heteroatoms. The number of hydrogen-bond acceptors (Lipinski definition) is 3. The SMILES string of the molecule is O=C(/C=C/c1ccc(Cl)cc1Cl)Nc1ccccc1N1CCN(C(=O)c2ccc(Cl)cc2)CC1. The first-order chi connectivity index (χ1) is 16.4. The van der Waals surface area contributed by atoms with Crippen molar-refractivity contribution in [1.82, 2.24) is 4.90 Å². The van der Waals surface area contributed by atoms with Gasteiger partial charge in [0.15, 0.2) is 0 Å². The lowest BCUT2D eigenvalue weighted by molar-refractivity contribution is -0.111. The van der Waals surface area contributed by atoms with Gasteiger partial charge < -0.3 is 15.1 Å². The number of nitrogens with one attached hydrogen (secondary N) is 1. The lowest BCUT2D eigenvalue weighted by atomic mass is 10.1. The largest absolute Gasteiger partial charge is 0.366 e. The number of carbonyl (C=O) groups excluding carboxylic acids is 2. The second-order valence-electron chi connectivity index (χ2n) is 7.79. The minimum absolute atomic E-state index is 0.0103. The van der Waals surface area contributed by atoms with Crippen LogP contribution >= 0.6 is 34.8 Å². The Kier molecular flexibility index (Phi) is 7.78. The number of carbonyl (C=O) groups is 2. The van der Waals surface area contributed by atoms with Crippen molar-refractivity contribution in [3.63, 3.8) is 0 Å². The van der Waals surface area contributed by atoms with Crippen LogP contribution in [0.15, 0.2) is 72.8 Å². The minimum Gasteiger partial charge on any atom is -0.366 e. The molecule has 1 fully saturated rings. The Hall–Kier alpha value is -2.99. The van der Waals surface area contributed by atoms with E-state index in [1.54, 1.807) is 48.5 Å². The molecule has 1 aliphatic rings. The summed E-state index contributed by atoms with van der Waals surface area (Å²) in [6.45, 7) is 2.47. The predicted octanol–water partition coefficient (Wildman–Crippen LogP) is 6.26. The van der Waals surface area contributed by atoms with Crippen molar-refractivity contribution < 1.29 is 9.59 Å². The van der Waals surface area contributed by atoms with E-state index in [2.05, 4.69) is 10.2 Å². The number of hydrogen-bond donors (Lipinski definition) is 1. The Morgan fingerprint density at radius 3 is 2.21 bits per heavy atom. The van der Waals surface area contributed by atoms with E-state index < -0.39 is 0 Å². The molecule has 0 aliphatic carbocycles. The first-order valence-electron chi connectivity index (χ1n) is 10.7. The number of amides is 2. The first-order valence-corrected chi connectivity index (χ1v) is 11.9. The van der Waals surface area contributed by atoms with Crippen LogP contribution in [0.1, 0.15) is 15.9 Å². The van der Waals surface area contributed by atoms with Gasteiger partial charge in [-0.2, -0.15) is 0 Å². The number of anilines is 2. The van der Waals surface area contributed by atoms with Gasteiger partial charge in [0.1, 0.15) is 0 Å². The third-order valence-electron chi connectivity index (χ3n) is 5.54. The van der Waals surface area contributed by atoms with Crippen LogP contribution in [0, 0.1) is 0 Å². The quantitative estimate of drug-likeness (QED) is 0.409. The highest BCUT2D eigenvalue weighted by atomic mass is 35.5. The Morgan fingerprint density at radius 1 is 0.824 bits per heavy atom. The first kappa shape index (κ1) is 24.1. The van der Waals surface area contributed by atoms with Crippen LogP contribution in [0.5, 0.6) is 0 Å². The summed E-state index contributed by atoms with van der Waals surface area (Å²) in [6.07, 6.45) is 3.09. The Labute approximate surface area is 213 Å². The molecule has 0 radical (unpaired) electrons. The van der Waals surface area contributed by atoms with Crippen molar-refractivity contribution in [1.29, 1.82) is 0 Å². The lowest BCUT2D eigenvalue weighted by Gasteiger charge is -2.37. The maximum absolute atomic E-state index is 12.8. The number of halogens is 3. The Bertz CT molecular complexity index is 1220. The molecule has 3 aromatic rings. The zero-order chi connectivity index (χ0) is 24.1. The number of nitrogens with zero attached hydrogens (tertiary/aromatic N) is 2. The summed E-state index contributed by atoms with van der Waals surface area (Å²) in [5, 5.41) is 4.56. The van der Waals surface area contributed by atoms with Crippen LogP contribution < -0.4 is 10.2 Å². The molecule has 0 saturated carbocycles. The third-order valence-corrected chi connectivity index (χ3v) is 6.35. The molecule has 0 bridgehead atoms. The van der Waals surface area contributed by atoms with Gasteiger partial charge in [-0.15, -0.1) is 0 Å². The highest BCUT2D eigenvalue weighted by molar-refractivity contribution is 6.35. The molecule has 1 heterocycles. The maximum Gasteiger partial charge on any atom is 0.253 e. The Morgan fingerprint density at radius 2 is 1.50 bits per heavy atom. The molecule has 0 unspecified atom stereocenters. The van der Waals surface area contributed by atoms with E-state index in [4.69, 9.17) is 34.8 Å². The lowest BCUT2D eigenvalue weighted by Crippen LogP contribution is -2.49. The standard InChI is InChI=1S/C26H22Cl3N3O2/c27-20-9-6-19(7-10-20)26(34)32-15-13-31(14-16-32)24-4-2-1-3-23(24)30-25(33)12-8-18-5-11-21(28)17-22(18)29/h1-12,17H,13-16H2,(H,30,33)/b12-8+. The molecule has 4 rings (SSSR count). The van der Waals surface area contributed by atoms with E-state index in [0.717, 1.165) is 5.69 Å². The summed E-state index contributed by atoms with van der Waals surface area (Å²) < 4.78 is 0. The normalized spacial score (nSPS) is 13.9. The van der Waals surface area contributed by atoms with E-state index in [0.29, 0.717) is 58.1 Å². The molecule has 1 saturated heterocycles. The van der Waals surface area contributed by atoms with Crippen molar-refractivity contribution in [2.75, 3.05) is 36.4 Å². The highest BCUT2D eigenvalue weighted by Gasteiger charge is 2.23. The number of benzene rings is 3. The molecule has 1 N–H and O–H groups in total. The van der Waals surface area contributed by atoms with Gasteiger partial charge in [0.05, 0.1) is 11.4 Å². The minimum atomic E-state index is -0.269. The summed E-state index contributed by atoms with van der Waals surface area (Å²) in [4.78, 5) is 29.4. The summed E-state index contributed by atoms with van der Waals surface area (Å²) in [5.74, 6) is -0.279. The molecular weight excluding hydrogens is 493 g/mol. The van der Waals surface area contributed by atoms with Gasteiger partial charge in [-0.05, 0) is 60.2 Å². The van der Waals surface area contributed by atoms with Crippen LogP contribution in [0.2, 0.25) is 15.1 Å². The highest BCUT2D eigenvalue weighted by Crippen LogP contribution is 2.27. The van der Waals surface area contributed by atoms with Gasteiger partial charge >= 0.3 is 0 Å². The predicted molar refractivity (Wildman–Crippen MR) is 140 cm³/mol. The van der Waals surface area contributed by atoms with Gasteiger partial charge in [-0.1, -0.05) is 53.0 Å². The Balaban J connectivity index is 1.39. The molecule has 5 nitrogen and oxygen atoms in total. The zero-order valence-corrected chi connectivity index (χ0v) is 20.4. The molecule has 0 aromatic heterocycles. The molecule has 3 aromatic carbocycles. The average molecular weight is 515 g/mol. The van der Waals surface area contributed by atoms with Crippen LogP contribution in [-0.2, 0) is 4.79 Å². The van der Waals surface area contributed by atoms with Crippen molar-refractivity contribution in [3.05, 3.63) is 99.0 Å². The van der Waals surface area contributed by atoms with Crippen molar-refractivity contribution in [2.24, 2.45) is 0 Å². The summed E-state index contributed by atoms with van der Waals surface area (Å²) in [5.41, 5.74) is 2.94. The van der Waals surface area contributed by atoms with Gasteiger partial charge in [0.2, 0.25) is 5.91 Å². The molecule has 174 valence electrons.